The van der Waals surface area contributed by atoms with Crippen LogP contribution >= 0.6 is 23.2 Å². The van der Waals surface area contributed by atoms with Crippen molar-refractivity contribution in [3.05, 3.63) is 51.4 Å². The minimum Gasteiger partial charge on any atom is -0.382 e. The van der Waals surface area contributed by atoms with Gasteiger partial charge in [0, 0.05) is 35.2 Å². The van der Waals surface area contributed by atoms with Crippen LogP contribution in [0.4, 0.5) is 27.6 Å². The second-order valence-corrected chi connectivity index (χ2v) is 10.0. The molecule has 0 spiro atoms. The molecule has 1 aliphatic rings. The molecule has 0 radical (unpaired) electrons. The zero-order valence-corrected chi connectivity index (χ0v) is 21.4. The van der Waals surface area contributed by atoms with Gasteiger partial charge in [0.05, 0.1) is 5.52 Å². The van der Waals surface area contributed by atoms with E-state index in [9.17, 15) is 26.7 Å². The standard InChI is InChI=1S/C24H24Cl2F5N5O/c1-11(32-17-10-18(24(29,30)31)34-16-8-5-13(25)9-15(16)17)12-3-6-14(7-4-12)33-23(37)19-20(22(27)28)35-36(2)21(19)26/h5,8-12,14,22H,3-4,6-7H2,1-2H3,(H,32,34)(H,33,37)/t11-,12-,14+/m0/s1. The number of aromatic nitrogens is 3. The van der Waals surface area contributed by atoms with Crippen molar-refractivity contribution in [2.24, 2.45) is 13.0 Å². The molecule has 3 aromatic rings. The fourth-order valence-corrected chi connectivity index (χ4v) is 5.13. The summed E-state index contributed by atoms with van der Waals surface area (Å²) in [5, 5.41) is 10.3. The third kappa shape index (κ3) is 5.93. The number of carbonyl (C=O) groups is 1. The Bertz CT molecular complexity index is 1300. The SMILES string of the molecule is C[C@H](Nc1cc(C(F)(F)F)nc2ccc(Cl)cc12)[C@H]1CC[C@@H](NC(=O)c2c(C(F)F)nn(C)c2Cl)CC1. The fourth-order valence-electron chi connectivity index (χ4n) is 4.73. The highest BCUT2D eigenvalue weighted by atomic mass is 35.5. The second kappa shape index (κ2) is 10.6. The molecule has 1 aliphatic carbocycles. The van der Waals surface area contributed by atoms with Crippen LogP contribution in [0, 0.1) is 5.92 Å². The number of nitrogens with zero attached hydrogens (tertiary/aromatic N) is 3. The van der Waals surface area contributed by atoms with E-state index in [1.807, 2.05) is 6.92 Å². The lowest BCUT2D eigenvalue weighted by atomic mass is 9.82. The summed E-state index contributed by atoms with van der Waals surface area (Å²) >= 11 is 12.1. The molecular weight excluding hydrogens is 540 g/mol. The minimum absolute atomic E-state index is 0.100. The Morgan fingerprint density at radius 3 is 2.43 bits per heavy atom. The molecule has 2 N–H and O–H groups in total. The zero-order valence-electron chi connectivity index (χ0n) is 19.8. The monoisotopic (exact) mass is 563 g/mol. The molecule has 13 heteroatoms. The summed E-state index contributed by atoms with van der Waals surface area (Å²) in [6.45, 7) is 1.89. The molecule has 0 aliphatic heterocycles. The number of rotatable bonds is 6. The first kappa shape index (κ1) is 27.4. The molecule has 1 aromatic carbocycles. The molecule has 0 unspecified atom stereocenters. The Labute approximate surface area is 219 Å². The first-order valence-electron chi connectivity index (χ1n) is 11.6. The van der Waals surface area contributed by atoms with Gasteiger partial charge in [-0.1, -0.05) is 23.2 Å². The van der Waals surface area contributed by atoms with E-state index in [2.05, 4.69) is 20.7 Å². The van der Waals surface area contributed by atoms with Gasteiger partial charge >= 0.3 is 6.18 Å². The molecule has 4 rings (SSSR count). The van der Waals surface area contributed by atoms with E-state index in [0.717, 1.165) is 10.7 Å². The summed E-state index contributed by atoms with van der Waals surface area (Å²) in [5.41, 5.74) is -1.54. The van der Waals surface area contributed by atoms with Crippen LogP contribution in [0.25, 0.3) is 10.9 Å². The van der Waals surface area contributed by atoms with Crippen LogP contribution in [-0.2, 0) is 13.2 Å². The first-order valence-corrected chi connectivity index (χ1v) is 12.4. The number of hydrogen-bond donors (Lipinski definition) is 2. The number of anilines is 1. The van der Waals surface area contributed by atoms with E-state index in [-0.39, 0.29) is 39.9 Å². The highest BCUT2D eigenvalue weighted by Gasteiger charge is 2.34. The smallest absolute Gasteiger partial charge is 0.382 e. The van der Waals surface area contributed by atoms with Crippen LogP contribution in [0.2, 0.25) is 10.2 Å². The molecule has 200 valence electrons. The Morgan fingerprint density at radius 1 is 1.14 bits per heavy atom. The van der Waals surface area contributed by atoms with E-state index < -0.39 is 29.9 Å². The van der Waals surface area contributed by atoms with Crippen molar-refractivity contribution in [1.29, 1.82) is 0 Å². The lowest BCUT2D eigenvalue weighted by molar-refractivity contribution is -0.140. The number of halogens is 7. The number of pyridine rings is 1. The van der Waals surface area contributed by atoms with Gasteiger partial charge in [-0.05, 0) is 62.8 Å². The predicted molar refractivity (Wildman–Crippen MR) is 131 cm³/mol. The van der Waals surface area contributed by atoms with Gasteiger partial charge in [0.2, 0.25) is 0 Å². The van der Waals surface area contributed by atoms with E-state index in [1.54, 1.807) is 6.07 Å². The van der Waals surface area contributed by atoms with E-state index in [1.165, 1.54) is 19.2 Å². The summed E-state index contributed by atoms with van der Waals surface area (Å²) in [5.74, 6) is -0.605. The second-order valence-electron chi connectivity index (χ2n) is 9.21. The van der Waals surface area contributed by atoms with Gasteiger partial charge in [-0.25, -0.2) is 13.8 Å². The average molecular weight is 564 g/mol. The van der Waals surface area contributed by atoms with Crippen LogP contribution in [0.3, 0.4) is 0 Å². The van der Waals surface area contributed by atoms with Crippen LogP contribution in [0.15, 0.2) is 24.3 Å². The number of benzene rings is 1. The van der Waals surface area contributed by atoms with Crippen molar-refractivity contribution >= 4 is 45.7 Å². The molecule has 0 bridgehead atoms. The maximum Gasteiger partial charge on any atom is 0.433 e. The summed E-state index contributed by atoms with van der Waals surface area (Å²) < 4.78 is 67.9. The Hall–Kier alpha value is -2.66. The van der Waals surface area contributed by atoms with Gasteiger partial charge in [-0.2, -0.15) is 18.3 Å². The molecule has 37 heavy (non-hydrogen) atoms. The number of nitrogens with one attached hydrogen (secondary N) is 2. The summed E-state index contributed by atoms with van der Waals surface area (Å²) in [6, 6.07) is 5.05. The average Bonchev–Trinajstić information content (AvgIpc) is 3.13. The molecule has 1 fully saturated rings. The van der Waals surface area contributed by atoms with Crippen molar-refractivity contribution in [3.63, 3.8) is 0 Å². The number of aryl methyl sites for hydroxylation is 1. The number of carbonyl (C=O) groups excluding carboxylic acids is 1. The van der Waals surface area contributed by atoms with Crippen molar-refractivity contribution < 1.29 is 26.7 Å². The fraction of sp³-hybridized carbons (Fsp3) is 0.458. The first-order chi connectivity index (χ1) is 17.3. The molecule has 2 heterocycles. The van der Waals surface area contributed by atoms with E-state index in [0.29, 0.717) is 36.1 Å². The summed E-state index contributed by atoms with van der Waals surface area (Å²) in [6.07, 6.45) is -5.08. The van der Waals surface area contributed by atoms with Gasteiger partial charge in [0.25, 0.3) is 12.3 Å². The van der Waals surface area contributed by atoms with Gasteiger partial charge in [-0.3, -0.25) is 9.48 Å². The largest absolute Gasteiger partial charge is 0.433 e. The van der Waals surface area contributed by atoms with Crippen molar-refractivity contribution in [2.45, 2.75) is 57.3 Å². The number of hydrogen-bond acceptors (Lipinski definition) is 4. The number of alkyl halides is 5. The Kier molecular flexibility index (Phi) is 7.85. The number of fused-ring (bicyclic) bond motifs is 1. The maximum atomic E-state index is 13.4. The van der Waals surface area contributed by atoms with Crippen LogP contribution in [0.5, 0.6) is 0 Å². The van der Waals surface area contributed by atoms with E-state index in [4.69, 9.17) is 23.2 Å². The Morgan fingerprint density at radius 2 is 1.81 bits per heavy atom. The lowest BCUT2D eigenvalue weighted by Crippen LogP contribution is -2.40. The van der Waals surface area contributed by atoms with E-state index >= 15 is 0 Å². The van der Waals surface area contributed by atoms with Crippen molar-refractivity contribution in [2.75, 3.05) is 5.32 Å². The van der Waals surface area contributed by atoms with Crippen LogP contribution < -0.4 is 10.6 Å². The predicted octanol–water partition coefficient (Wildman–Crippen LogP) is 7.02. The molecule has 2 aromatic heterocycles. The highest BCUT2D eigenvalue weighted by Crippen LogP contribution is 2.36. The third-order valence-corrected chi connectivity index (χ3v) is 7.37. The lowest BCUT2D eigenvalue weighted by Gasteiger charge is -2.33. The molecule has 0 saturated heterocycles. The van der Waals surface area contributed by atoms with Crippen LogP contribution in [-0.4, -0.2) is 32.8 Å². The van der Waals surface area contributed by atoms with Gasteiger partial charge in [-0.15, -0.1) is 0 Å². The van der Waals surface area contributed by atoms with Crippen molar-refractivity contribution in [1.82, 2.24) is 20.1 Å². The van der Waals surface area contributed by atoms with Gasteiger partial charge in [0.15, 0.2) is 0 Å². The molecule has 6 nitrogen and oxygen atoms in total. The maximum absolute atomic E-state index is 13.4. The topological polar surface area (TPSA) is 71.8 Å². The summed E-state index contributed by atoms with van der Waals surface area (Å²) in [4.78, 5) is 16.4. The molecule has 1 atom stereocenters. The summed E-state index contributed by atoms with van der Waals surface area (Å²) in [7, 11) is 1.38. The number of amides is 1. The molecular formula is C24H24Cl2F5N5O. The van der Waals surface area contributed by atoms with Gasteiger partial charge < -0.3 is 10.6 Å². The molecule has 1 amide bonds. The normalized spacial score (nSPS) is 19.3. The quantitative estimate of drug-likeness (QED) is 0.316. The van der Waals surface area contributed by atoms with Crippen LogP contribution in [0.1, 0.15) is 60.8 Å². The molecule has 1 saturated carbocycles. The Balaban J connectivity index is 1.43. The van der Waals surface area contributed by atoms with Crippen molar-refractivity contribution in [3.8, 4) is 0 Å². The minimum atomic E-state index is -4.61. The highest BCUT2D eigenvalue weighted by molar-refractivity contribution is 6.33. The third-order valence-electron chi connectivity index (χ3n) is 6.70. The zero-order chi connectivity index (χ0) is 27.1. The van der Waals surface area contributed by atoms with Gasteiger partial charge in [0.1, 0.15) is 22.1 Å².